The molecule has 7 heteroatoms. The molecule has 3 aliphatic heterocycles. The monoisotopic (exact) mass is 512 g/mol. The Labute approximate surface area is 226 Å². The van der Waals surface area contributed by atoms with Crippen LogP contribution in [0.4, 0.5) is 5.82 Å². The van der Waals surface area contributed by atoms with E-state index in [1.165, 1.54) is 67.2 Å². The first-order chi connectivity index (χ1) is 18.7. The number of hydrogen-bond acceptors (Lipinski definition) is 7. The Bertz CT molecular complexity index is 1330. The molecule has 1 aromatic carbocycles. The Morgan fingerprint density at radius 3 is 2.66 bits per heavy atom. The van der Waals surface area contributed by atoms with Crippen LogP contribution in [0.2, 0.25) is 0 Å². The van der Waals surface area contributed by atoms with E-state index in [0.717, 1.165) is 54.9 Å². The minimum absolute atomic E-state index is 0.433. The molecule has 2 unspecified atom stereocenters. The predicted octanol–water partition coefficient (Wildman–Crippen LogP) is 4.55. The third kappa shape index (κ3) is 4.34. The van der Waals surface area contributed by atoms with Crippen LogP contribution in [0.25, 0.3) is 22.2 Å². The van der Waals surface area contributed by atoms with E-state index >= 15 is 0 Å². The maximum Gasteiger partial charge on any atom is 0.319 e. The van der Waals surface area contributed by atoms with Gasteiger partial charge >= 0.3 is 6.01 Å². The summed E-state index contributed by atoms with van der Waals surface area (Å²) in [6.45, 7) is 5.96. The molecule has 38 heavy (non-hydrogen) atoms. The molecule has 1 aliphatic carbocycles. The molecule has 7 nitrogen and oxygen atoms in total. The number of pyridine rings is 1. The number of anilines is 1. The molecule has 3 saturated heterocycles. The molecule has 1 N–H and O–H groups in total. The molecule has 3 fully saturated rings. The summed E-state index contributed by atoms with van der Waals surface area (Å²) in [5.74, 6) is 0.993. The highest BCUT2D eigenvalue weighted by Gasteiger charge is 2.34. The fraction of sp³-hybridized carbons (Fsp3) is 0.581. The van der Waals surface area contributed by atoms with Crippen LogP contribution in [0.1, 0.15) is 62.1 Å². The highest BCUT2D eigenvalue weighted by atomic mass is 16.5. The maximum absolute atomic E-state index is 6.38. The smallest absolute Gasteiger partial charge is 0.319 e. The van der Waals surface area contributed by atoms with Crippen molar-refractivity contribution in [2.24, 2.45) is 0 Å². The normalized spacial score (nSPS) is 25.2. The van der Waals surface area contributed by atoms with Gasteiger partial charge in [-0.1, -0.05) is 25.1 Å². The van der Waals surface area contributed by atoms with Crippen molar-refractivity contribution < 1.29 is 4.74 Å². The van der Waals surface area contributed by atoms with E-state index in [-0.39, 0.29) is 0 Å². The molecule has 0 radical (unpaired) electrons. The average Bonchev–Trinajstić information content (AvgIpc) is 3.53. The Hall–Kier alpha value is -2.77. The molecule has 4 aliphatic rings. The van der Waals surface area contributed by atoms with Crippen molar-refractivity contribution in [2.45, 2.75) is 82.8 Å². The summed E-state index contributed by atoms with van der Waals surface area (Å²) in [5.41, 5.74) is 7.57. The second-order valence-electron chi connectivity index (χ2n) is 11.8. The van der Waals surface area contributed by atoms with Gasteiger partial charge in [-0.2, -0.15) is 9.97 Å². The summed E-state index contributed by atoms with van der Waals surface area (Å²) in [6, 6.07) is 8.78. The number of aromatic nitrogens is 3. The Kier molecular flexibility index (Phi) is 6.44. The van der Waals surface area contributed by atoms with Crippen LogP contribution in [0.5, 0.6) is 6.01 Å². The van der Waals surface area contributed by atoms with Gasteiger partial charge in [-0.25, -0.2) is 0 Å². The molecule has 3 atom stereocenters. The van der Waals surface area contributed by atoms with Crippen molar-refractivity contribution in [3.63, 3.8) is 0 Å². The van der Waals surface area contributed by atoms with Crippen molar-refractivity contribution >= 4 is 16.7 Å². The molecule has 2 aromatic heterocycles. The van der Waals surface area contributed by atoms with Crippen LogP contribution in [0.3, 0.4) is 0 Å². The van der Waals surface area contributed by atoms with E-state index in [4.69, 9.17) is 19.7 Å². The second-order valence-corrected chi connectivity index (χ2v) is 11.8. The van der Waals surface area contributed by atoms with E-state index < -0.39 is 0 Å². The largest absolute Gasteiger partial charge is 0.462 e. The molecule has 0 spiro atoms. The number of aryl methyl sites for hydroxylation is 2. The SMILES string of the molecule is CCc1c(-c2cccc3c2CCCC3)ncc2c(N3CC4CCC(C3)N4)nc(OC[C@@H]3CCCN3C)nc12. The lowest BCUT2D eigenvalue weighted by molar-refractivity contribution is 0.188. The van der Waals surface area contributed by atoms with Gasteiger partial charge in [0.05, 0.1) is 16.6 Å². The highest BCUT2D eigenvalue weighted by Crippen LogP contribution is 2.38. The Morgan fingerprint density at radius 2 is 1.87 bits per heavy atom. The van der Waals surface area contributed by atoms with Crippen LogP contribution < -0.4 is 15.0 Å². The van der Waals surface area contributed by atoms with Crippen LogP contribution in [0, 0.1) is 0 Å². The van der Waals surface area contributed by atoms with E-state index in [2.05, 4.69) is 47.3 Å². The average molecular weight is 513 g/mol. The van der Waals surface area contributed by atoms with Crippen LogP contribution >= 0.6 is 0 Å². The number of fused-ring (bicyclic) bond motifs is 4. The van der Waals surface area contributed by atoms with Crippen molar-refractivity contribution in [1.82, 2.24) is 25.2 Å². The van der Waals surface area contributed by atoms with Gasteiger partial charge in [0.1, 0.15) is 12.4 Å². The Morgan fingerprint density at radius 1 is 1.03 bits per heavy atom. The number of benzene rings is 1. The van der Waals surface area contributed by atoms with Gasteiger partial charge in [-0.15, -0.1) is 0 Å². The number of piperazine rings is 1. The third-order valence-corrected chi connectivity index (χ3v) is 9.40. The summed E-state index contributed by atoms with van der Waals surface area (Å²) in [5, 5.41) is 4.82. The minimum atomic E-state index is 0.433. The molecule has 7 rings (SSSR count). The summed E-state index contributed by atoms with van der Waals surface area (Å²) in [4.78, 5) is 20.2. The van der Waals surface area contributed by atoms with Crippen molar-refractivity contribution in [3.05, 3.63) is 41.1 Å². The van der Waals surface area contributed by atoms with Gasteiger partial charge in [0, 0.05) is 48.5 Å². The molecule has 200 valence electrons. The summed E-state index contributed by atoms with van der Waals surface area (Å²) < 4.78 is 6.38. The number of likely N-dealkylation sites (tertiary alicyclic amines) is 1. The standard InChI is InChI=1S/C31H40N6O/c1-3-24-28(26-12-6-9-20-8-4-5-11-25(20)26)32-16-27-29(24)34-31(38-19-23-10-7-15-36(23)2)35-30(27)37-17-21-13-14-22(18-37)33-21/h6,9,12,16,21-23,33H,3-5,7-8,10-11,13-15,17-19H2,1-2H3/t21?,22?,23-/m0/s1. The van der Waals surface area contributed by atoms with Gasteiger partial charge in [-0.3, -0.25) is 4.98 Å². The predicted molar refractivity (Wildman–Crippen MR) is 152 cm³/mol. The number of nitrogens with zero attached hydrogens (tertiary/aromatic N) is 5. The number of likely N-dealkylation sites (N-methyl/N-ethyl adjacent to an activating group) is 1. The van der Waals surface area contributed by atoms with Gasteiger partial charge in [0.25, 0.3) is 0 Å². The summed E-state index contributed by atoms with van der Waals surface area (Å²) in [7, 11) is 2.19. The van der Waals surface area contributed by atoms with E-state index in [0.29, 0.717) is 30.7 Å². The first-order valence-corrected chi connectivity index (χ1v) is 14.8. The summed E-state index contributed by atoms with van der Waals surface area (Å²) >= 11 is 0. The maximum atomic E-state index is 6.38. The number of ether oxygens (including phenoxy) is 1. The van der Waals surface area contributed by atoms with Crippen molar-refractivity contribution in [3.8, 4) is 17.3 Å². The quantitative estimate of drug-likeness (QED) is 0.520. The highest BCUT2D eigenvalue weighted by molar-refractivity contribution is 5.95. The molecule has 5 heterocycles. The second kappa shape index (κ2) is 10.1. The van der Waals surface area contributed by atoms with Gasteiger partial charge < -0.3 is 19.9 Å². The number of hydrogen-bond donors (Lipinski definition) is 1. The molecular formula is C31H40N6O. The summed E-state index contributed by atoms with van der Waals surface area (Å²) in [6.07, 6.45) is 12.6. The van der Waals surface area contributed by atoms with Gasteiger partial charge in [0.15, 0.2) is 0 Å². The zero-order valence-electron chi connectivity index (χ0n) is 22.9. The lowest BCUT2D eigenvalue weighted by atomic mass is 9.86. The first-order valence-electron chi connectivity index (χ1n) is 14.8. The van der Waals surface area contributed by atoms with E-state index in [1.807, 2.05) is 6.20 Å². The van der Waals surface area contributed by atoms with Crippen LogP contribution in [0.15, 0.2) is 24.4 Å². The molecule has 0 saturated carbocycles. The van der Waals surface area contributed by atoms with Crippen LogP contribution in [-0.2, 0) is 19.3 Å². The number of nitrogens with one attached hydrogen (secondary N) is 1. The zero-order valence-corrected chi connectivity index (χ0v) is 22.9. The molecular weight excluding hydrogens is 472 g/mol. The van der Waals surface area contributed by atoms with E-state index in [9.17, 15) is 0 Å². The van der Waals surface area contributed by atoms with Crippen molar-refractivity contribution in [2.75, 3.05) is 38.2 Å². The Balaban J connectivity index is 1.34. The minimum Gasteiger partial charge on any atom is -0.462 e. The van der Waals surface area contributed by atoms with Crippen molar-refractivity contribution in [1.29, 1.82) is 0 Å². The molecule has 0 amide bonds. The third-order valence-electron chi connectivity index (χ3n) is 9.40. The lowest BCUT2D eigenvalue weighted by Gasteiger charge is -2.34. The zero-order chi connectivity index (χ0) is 25.6. The van der Waals surface area contributed by atoms with Gasteiger partial charge in [-0.05, 0) is 82.5 Å². The first kappa shape index (κ1) is 24.3. The lowest BCUT2D eigenvalue weighted by Crippen LogP contribution is -2.51. The number of rotatable bonds is 6. The topological polar surface area (TPSA) is 66.4 Å². The van der Waals surface area contributed by atoms with Gasteiger partial charge in [0.2, 0.25) is 0 Å². The molecule has 3 aromatic rings. The fourth-order valence-electron chi connectivity index (χ4n) is 7.31. The molecule has 2 bridgehead atoms. The van der Waals surface area contributed by atoms with E-state index in [1.54, 1.807) is 0 Å². The van der Waals surface area contributed by atoms with Crippen LogP contribution in [-0.4, -0.2) is 71.3 Å². The fourth-order valence-corrected chi connectivity index (χ4v) is 7.31.